The van der Waals surface area contributed by atoms with Crippen LogP contribution in [0.5, 0.6) is 6.01 Å². The zero-order valence-electron chi connectivity index (χ0n) is 19.0. The predicted molar refractivity (Wildman–Crippen MR) is 128 cm³/mol. The summed E-state index contributed by atoms with van der Waals surface area (Å²) in [5.74, 6) is -0.592. The lowest BCUT2D eigenvalue weighted by Gasteiger charge is -2.13. The van der Waals surface area contributed by atoms with E-state index in [0.29, 0.717) is 57.4 Å². The average Bonchev–Trinajstić information content (AvgIpc) is 3.48. The number of aryl methyl sites for hydroxylation is 1. The van der Waals surface area contributed by atoms with Crippen LogP contribution in [0, 0.1) is 11.7 Å². The molecule has 1 aromatic carbocycles. The Balaban J connectivity index is 1.46. The molecular formula is C25H23FN6O3. The number of hydrogen-bond donors (Lipinski definition) is 3. The largest absolute Gasteiger partial charge is 0.465 e. The fourth-order valence-corrected chi connectivity index (χ4v) is 4.38. The monoisotopic (exact) mass is 474 g/mol. The van der Waals surface area contributed by atoms with Gasteiger partial charge < -0.3 is 24.9 Å². The topological polar surface area (TPSA) is 114 Å². The van der Waals surface area contributed by atoms with Crippen molar-refractivity contribution in [3.63, 3.8) is 0 Å². The Morgan fingerprint density at radius 1 is 1.26 bits per heavy atom. The molecule has 4 heterocycles. The highest BCUT2D eigenvalue weighted by Crippen LogP contribution is 2.36. The molecule has 3 N–H and O–H groups in total. The Kier molecular flexibility index (Phi) is 5.01. The molecule has 0 bridgehead atoms. The molecule has 1 fully saturated rings. The second kappa shape index (κ2) is 8.23. The summed E-state index contributed by atoms with van der Waals surface area (Å²) in [4.78, 5) is 36.8. The van der Waals surface area contributed by atoms with Gasteiger partial charge in [-0.2, -0.15) is 4.98 Å². The maximum atomic E-state index is 15.8. The quantitative estimate of drug-likeness (QED) is 0.408. The van der Waals surface area contributed by atoms with Gasteiger partial charge in [-0.25, -0.2) is 9.37 Å². The highest BCUT2D eigenvalue weighted by Gasteiger charge is 2.30. The number of ether oxygens (including phenoxy) is 1. The number of H-pyrrole nitrogens is 1. The summed E-state index contributed by atoms with van der Waals surface area (Å²) in [5, 5.41) is 5.98. The Labute approximate surface area is 199 Å². The van der Waals surface area contributed by atoms with E-state index in [2.05, 4.69) is 25.6 Å². The molecule has 4 aromatic rings. The molecule has 1 aliphatic carbocycles. The van der Waals surface area contributed by atoms with E-state index in [0.717, 1.165) is 25.8 Å². The van der Waals surface area contributed by atoms with Gasteiger partial charge in [0.05, 0.1) is 23.4 Å². The number of imidazole rings is 1. The van der Waals surface area contributed by atoms with E-state index in [1.807, 2.05) is 4.57 Å². The Morgan fingerprint density at radius 2 is 2.09 bits per heavy atom. The summed E-state index contributed by atoms with van der Waals surface area (Å²) in [6.45, 7) is 1.37. The van der Waals surface area contributed by atoms with Gasteiger partial charge in [-0.05, 0) is 37.5 Å². The molecule has 0 spiro atoms. The normalized spacial score (nSPS) is 14.9. The number of aromatic amines is 1. The number of fused-ring (bicyclic) bond motifs is 2. The molecule has 178 valence electrons. The standard InChI is InChI=1S/C25H23FN6O3/c1-27-24(34)17-11-28-22(31-23(33)13-6-7-13)21-16(17)10-18(29-21)14-4-2-5-15(20(14)26)19-12-32-8-3-9-35-25(32)30-19/h2,4-5,10-13,29H,3,6-9H2,1H3,(H,27,34)(H,28,31,33). The van der Waals surface area contributed by atoms with Crippen molar-refractivity contribution in [3.8, 4) is 28.5 Å². The SMILES string of the molecule is CNC(=O)c1cnc(NC(=O)C2CC2)c2[nH]c(-c3cccc(-c4cn5c(n4)OCCC5)c3F)cc12. The van der Waals surface area contributed by atoms with E-state index in [-0.39, 0.29) is 17.7 Å². The zero-order valence-corrected chi connectivity index (χ0v) is 19.0. The summed E-state index contributed by atoms with van der Waals surface area (Å²) in [6, 6.07) is 7.28. The van der Waals surface area contributed by atoms with Gasteiger partial charge in [0, 0.05) is 54.1 Å². The number of carbonyl (C=O) groups is 2. The highest BCUT2D eigenvalue weighted by molar-refractivity contribution is 6.11. The lowest BCUT2D eigenvalue weighted by Crippen LogP contribution is -2.19. The van der Waals surface area contributed by atoms with E-state index < -0.39 is 5.82 Å². The first-order chi connectivity index (χ1) is 17.0. The number of nitrogens with zero attached hydrogens (tertiary/aromatic N) is 3. The second-order valence-corrected chi connectivity index (χ2v) is 8.81. The van der Waals surface area contributed by atoms with E-state index in [1.54, 1.807) is 30.5 Å². The summed E-state index contributed by atoms with van der Waals surface area (Å²) >= 11 is 0. The smallest absolute Gasteiger partial charge is 0.296 e. The van der Waals surface area contributed by atoms with Crippen molar-refractivity contribution < 1.29 is 18.7 Å². The molecule has 0 atom stereocenters. The first kappa shape index (κ1) is 21.3. The van der Waals surface area contributed by atoms with Crippen LogP contribution in [0.15, 0.2) is 36.7 Å². The lowest BCUT2D eigenvalue weighted by molar-refractivity contribution is -0.117. The van der Waals surface area contributed by atoms with Crippen LogP contribution in [0.3, 0.4) is 0 Å². The average molecular weight is 474 g/mol. The molecule has 2 amide bonds. The molecule has 0 saturated heterocycles. The molecule has 10 heteroatoms. The zero-order chi connectivity index (χ0) is 24.1. The van der Waals surface area contributed by atoms with Crippen molar-refractivity contribution in [2.45, 2.75) is 25.8 Å². The van der Waals surface area contributed by atoms with E-state index in [1.165, 1.54) is 13.2 Å². The Morgan fingerprint density at radius 3 is 2.86 bits per heavy atom. The van der Waals surface area contributed by atoms with Crippen molar-refractivity contribution in [2.75, 3.05) is 19.0 Å². The van der Waals surface area contributed by atoms with Gasteiger partial charge in [0.15, 0.2) is 5.82 Å². The molecule has 35 heavy (non-hydrogen) atoms. The van der Waals surface area contributed by atoms with E-state index >= 15 is 4.39 Å². The summed E-state index contributed by atoms with van der Waals surface area (Å²) in [7, 11) is 1.53. The van der Waals surface area contributed by atoms with Gasteiger partial charge in [0.2, 0.25) is 5.91 Å². The number of carbonyl (C=O) groups excluding carboxylic acids is 2. The van der Waals surface area contributed by atoms with Crippen LogP contribution in [-0.4, -0.2) is 45.0 Å². The number of aromatic nitrogens is 4. The van der Waals surface area contributed by atoms with Gasteiger partial charge in [0.25, 0.3) is 11.9 Å². The number of halogens is 1. The first-order valence-corrected chi connectivity index (χ1v) is 11.6. The maximum Gasteiger partial charge on any atom is 0.296 e. The fourth-order valence-electron chi connectivity index (χ4n) is 4.38. The van der Waals surface area contributed by atoms with Crippen LogP contribution in [0.4, 0.5) is 10.2 Å². The third kappa shape index (κ3) is 3.71. The van der Waals surface area contributed by atoms with Gasteiger partial charge in [-0.15, -0.1) is 0 Å². The molecule has 6 rings (SSSR count). The minimum absolute atomic E-state index is 0.0151. The molecule has 3 aromatic heterocycles. The minimum Gasteiger partial charge on any atom is -0.465 e. The van der Waals surface area contributed by atoms with Gasteiger partial charge in [-0.3, -0.25) is 9.59 Å². The van der Waals surface area contributed by atoms with Crippen LogP contribution in [0.25, 0.3) is 33.4 Å². The number of benzene rings is 1. The number of anilines is 1. The fraction of sp³-hybridized carbons (Fsp3) is 0.280. The number of hydrogen-bond acceptors (Lipinski definition) is 5. The van der Waals surface area contributed by atoms with Crippen molar-refractivity contribution in [2.24, 2.45) is 5.92 Å². The maximum absolute atomic E-state index is 15.8. The van der Waals surface area contributed by atoms with Crippen LogP contribution in [0.1, 0.15) is 29.6 Å². The van der Waals surface area contributed by atoms with Crippen LogP contribution >= 0.6 is 0 Å². The van der Waals surface area contributed by atoms with E-state index in [4.69, 9.17) is 4.74 Å². The summed E-state index contributed by atoms with van der Waals surface area (Å²) < 4.78 is 23.3. The summed E-state index contributed by atoms with van der Waals surface area (Å²) in [5.41, 5.74) is 2.39. The second-order valence-electron chi connectivity index (χ2n) is 8.81. The van der Waals surface area contributed by atoms with Crippen molar-refractivity contribution >= 4 is 28.5 Å². The van der Waals surface area contributed by atoms with Crippen molar-refractivity contribution in [1.82, 2.24) is 24.8 Å². The van der Waals surface area contributed by atoms with Crippen LogP contribution in [-0.2, 0) is 11.3 Å². The third-order valence-corrected chi connectivity index (χ3v) is 6.41. The molecule has 0 radical (unpaired) electrons. The van der Waals surface area contributed by atoms with Gasteiger partial charge >= 0.3 is 0 Å². The van der Waals surface area contributed by atoms with Gasteiger partial charge in [0.1, 0.15) is 5.82 Å². The number of rotatable bonds is 5. The Hall–Kier alpha value is -4.21. The third-order valence-electron chi connectivity index (χ3n) is 6.41. The molecule has 1 saturated carbocycles. The van der Waals surface area contributed by atoms with Crippen molar-refractivity contribution in [1.29, 1.82) is 0 Å². The molecule has 2 aliphatic rings. The molecule has 1 aliphatic heterocycles. The number of amides is 2. The van der Waals surface area contributed by atoms with Crippen molar-refractivity contribution in [3.05, 3.63) is 48.0 Å². The first-order valence-electron chi connectivity index (χ1n) is 11.6. The number of pyridine rings is 1. The highest BCUT2D eigenvalue weighted by atomic mass is 19.1. The number of nitrogens with one attached hydrogen (secondary N) is 3. The minimum atomic E-state index is -0.451. The molecular weight excluding hydrogens is 451 g/mol. The Bertz CT molecular complexity index is 1460. The van der Waals surface area contributed by atoms with Crippen LogP contribution < -0.4 is 15.4 Å². The lowest BCUT2D eigenvalue weighted by atomic mass is 10.0. The van der Waals surface area contributed by atoms with Crippen LogP contribution in [0.2, 0.25) is 0 Å². The predicted octanol–water partition coefficient (Wildman–Crippen LogP) is 3.72. The molecule has 9 nitrogen and oxygen atoms in total. The van der Waals surface area contributed by atoms with E-state index in [9.17, 15) is 9.59 Å². The molecule has 0 unspecified atom stereocenters. The summed E-state index contributed by atoms with van der Waals surface area (Å²) in [6.07, 6.45) is 5.79. The van der Waals surface area contributed by atoms with Gasteiger partial charge in [-0.1, -0.05) is 6.07 Å².